The number of aliphatic hydroxyl groups is 1. The third-order valence-electron chi connectivity index (χ3n) is 5.36. The highest BCUT2D eigenvalue weighted by molar-refractivity contribution is 7.12. The standard InChI is InChI=1S/C24H26N2O3S/c27-16-20-3-1-2-4-22(20)19-7-5-18(6-8-19)21-15-23(30-17-21)24(28)25-9-10-26-11-13-29-14-12-26/h1-8,15,17,27H,9-14,16H2,(H,25,28). The van der Waals surface area contributed by atoms with Crippen LogP contribution in [0.3, 0.4) is 0 Å². The predicted octanol–water partition coefficient (Wildman–Crippen LogP) is 3.64. The van der Waals surface area contributed by atoms with Crippen molar-refractivity contribution in [2.75, 3.05) is 39.4 Å². The maximum absolute atomic E-state index is 12.5. The van der Waals surface area contributed by atoms with Crippen LogP contribution in [0.25, 0.3) is 22.3 Å². The van der Waals surface area contributed by atoms with Crippen LogP contribution in [0, 0.1) is 0 Å². The zero-order valence-corrected chi connectivity index (χ0v) is 17.7. The van der Waals surface area contributed by atoms with E-state index in [0.717, 1.165) is 65.5 Å². The highest BCUT2D eigenvalue weighted by Crippen LogP contribution is 2.29. The van der Waals surface area contributed by atoms with E-state index >= 15 is 0 Å². The van der Waals surface area contributed by atoms with Crippen LogP contribution in [0.4, 0.5) is 0 Å². The van der Waals surface area contributed by atoms with Gasteiger partial charge >= 0.3 is 0 Å². The summed E-state index contributed by atoms with van der Waals surface area (Å²) in [5, 5.41) is 14.6. The molecule has 0 atom stereocenters. The first-order valence-corrected chi connectivity index (χ1v) is 11.1. The van der Waals surface area contributed by atoms with Gasteiger partial charge < -0.3 is 15.2 Å². The molecule has 1 saturated heterocycles. The van der Waals surface area contributed by atoms with Crippen LogP contribution in [0.15, 0.2) is 60.0 Å². The van der Waals surface area contributed by atoms with Crippen molar-refractivity contribution in [3.05, 3.63) is 70.4 Å². The molecule has 1 aliphatic rings. The summed E-state index contributed by atoms with van der Waals surface area (Å²) in [5.41, 5.74) is 5.14. The molecule has 2 aromatic carbocycles. The van der Waals surface area contributed by atoms with Gasteiger partial charge in [-0.15, -0.1) is 11.3 Å². The molecule has 0 radical (unpaired) electrons. The van der Waals surface area contributed by atoms with E-state index in [1.54, 1.807) is 0 Å². The summed E-state index contributed by atoms with van der Waals surface area (Å²) in [6, 6.07) is 18.1. The van der Waals surface area contributed by atoms with Crippen molar-refractivity contribution < 1.29 is 14.6 Å². The maximum atomic E-state index is 12.5. The number of rotatable bonds is 7. The van der Waals surface area contributed by atoms with Gasteiger partial charge in [0.05, 0.1) is 24.7 Å². The molecule has 0 spiro atoms. The van der Waals surface area contributed by atoms with Crippen LogP contribution in [0.5, 0.6) is 0 Å². The quantitative estimate of drug-likeness (QED) is 0.610. The summed E-state index contributed by atoms with van der Waals surface area (Å²) in [7, 11) is 0. The number of carbonyl (C=O) groups excluding carboxylic acids is 1. The van der Waals surface area contributed by atoms with Gasteiger partial charge in [-0.1, -0.05) is 48.5 Å². The van der Waals surface area contributed by atoms with E-state index in [1.807, 2.05) is 35.7 Å². The molecule has 0 aliphatic carbocycles. The average Bonchev–Trinajstić information content (AvgIpc) is 3.30. The van der Waals surface area contributed by atoms with Gasteiger partial charge in [-0.05, 0) is 39.3 Å². The first-order valence-electron chi connectivity index (χ1n) is 10.2. The van der Waals surface area contributed by atoms with Gasteiger partial charge in [-0.25, -0.2) is 0 Å². The van der Waals surface area contributed by atoms with Gasteiger partial charge in [-0.3, -0.25) is 9.69 Å². The molecule has 6 heteroatoms. The molecule has 5 nitrogen and oxygen atoms in total. The van der Waals surface area contributed by atoms with Crippen molar-refractivity contribution in [1.82, 2.24) is 10.2 Å². The Bertz CT molecular complexity index is 978. The predicted molar refractivity (Wildman–Crippen MR) is 121 cm³/mol. The molecular weight excluding hydrogens is 396 g/mol. The smallest absolute Gasteiger partial charge is 0.261 e. The highest BCUT2D eigenvalue weighted by atomic mass is 32.1. The number of hydrogen-bond acceptors (Lipinski definition) is 5. The van der Waals surface area contributed by atoms with Crippen molar-refractivity contribution in [3.8, 4) is 22.3 Å². The van der Waals surface area contributed by atoms with Crippen LogP contribution in [0.2, 0.25) is 0 Å². The summed E-state index contributed by atoms with van der Waals surface area (Å²) < 4.78 is 5.35. The van der Waals surface area contributed by atoms with Crippen LogP contribution < -0.4 is 5.32 Å². The van der Waals surface area contributed by atoms with E-state index in [0.29, 0.717) is 6.54 Å². The second-order valence-electron chi connectivity index (χ2n) is 7.30. The lowest BCUT2D eigenvalue weighted by Crippen LogP contribution is -2.41. The van der Waals surface area contributed by atoms with E-state index in [1.165, 1.54) is 11.3 Å². The molecule has 1 aromatic heterocycles. The number of carbonyl (C=O) groups is 1. The summed E-state index contributed by atoms with van der Waals surface area (Å²) in [5.74, 6) is -0.0204. The van der Waals surface area contributed by atoms with Crippen molar-refractivity contribution in [2.24, 2.45) is 0 Å². The van der Waals surface area contributed by atoms with Crippen molar-refractivity contribution in [1.29, 1.82) is 0 Å². The van der Waals surface area contributed by atoms with Gasteiger partial charge in [0, 0.05) is 26.2 Å². The van der Waals surface area contributed by atoms with Crippen molar-refractivity contribution in [2.45, 2.75) is 6.61 Å². The molecule has 0 bridgehead atoms. The number of aliphatic hydroxyl groups excluding tert-OH is 1. The molecule has 2 N–H and O–H groups in total. The summed E-state index contributed by atoms with van der Waals surface area (Å²) in [6.45, 7) is 4.91. The SMILES string of the molecule is O=C(NCCN1CCOCC1)c1cc(-c2ccc(-c3ccccc3CO)cc2)cs1. The third-order valence-corrected chi connectivity index (χ3v) is 6.29. The Morgan fingerprint density at radius 2 is 1.77 bits per heavy atom. The Labute approximate surface area is 180 Å². The minimum absolute atomic E-state index is 0.0203. The van der Waals surface area contributed by atoms with Crippen LogP contribution in [-0.2, 0) is 11.3 Å². The Morgan fingerprint density at radius 3 is 2.53 bits per heavy atom. The molecule has 3 aromatic rings. The molecule has 1 amide bonds. The van der Waals surface area contributed by atoms with E-state index in [4.69, 9.17) is 4.74 Å². The van der Waals surface area contributed by atoms with Crippen LogP contribution >= 0.6 is 11.3 Å². The van der Waals surface area contributed by atoms with Crippen molar-refractivity contribution >= 4 is 17.2 Å². The molecule has 0 saturated carbocycles. The molecular formula is C24H26N2O3S. The highest BCUT2D eigenvalue weighted by Gasteiger charge is 2.13. The lowest BCUT2D eigenvalue weighted by molar-refractivity contribution is 0.0383. The van der Waals surface area contributed by atoms with Gasteiger partial charge in [0.15, 0.2) is 0 Å². The minimum atomic E-state index is -0.0204. The van der Waals surface area contributed by atoms with Gasteiger partial charge in [0.1, 0.15) is 0 Å². The first kappa shape index (κ1) is 20.8. The second kappa shape index (κ2) is 10.00. The molecule has 4 rings (SSSR count). The lowest BCUT2D eigenvalue weighted by atomic mass is 9.98. The number of nitrogens with one attached hydrogen (secondary N) is 1. The molecule has 1 aliphatic heterocycles. The number of thiophene rings is 1. The number of benzene rings is 2. The summed E-state index contributed by atoms with van der Waals surface area (Å²) in [6.07, 6.45) is 0. The molecule has 2 heterocycles. The summed E-state index contributed by atoms with van der Waals surface area (Å²) in [4.78, 5) is 15.5. The van der Waals surface area contributed by atoms with Gasteiger partial charge in [0.2, 0.25) is 0 Å². The number of ether oxygens (including phenoxy) is 1. The topological polar surface area (TPSA) is 61.8 Å². The Morgan fingerprint density at radius 1 is 1.03 bits per heavy atom. The average molecular weight is 423 g/mol. The second-order valence-corrected chi connectivity index (χ2v) is 8.21. The fourth-order valence-electron chi connectivity index (χ4n) is 3.63. The zero-order valence-electron chi connectivity index (χ0n) is 16.8. The van der Waals surface area contributed by atoms with Crippen LogP contribution in [-0.4, -0.2) is 55.3 Å². The third kappa shape index (κ3) is 4.96. The minimum Gasteiger partial charge on any atom is -0.392 e. The molecule has 156 valence electrons. The van der Waals surface area contributed by atoms with E-state index in [-0.39, 0.29) is 12.5 Å². The zero-order chi connectivity index (χ0) is 20.8. The Kier molecular flexibility index (Phi) is 6.92. The largest absolute Gasteiger partial charge is 0.392 e. The number of amides is 1. The normalized spacial score (nSPS) is 14.6. The number of morpholine rings is 1. The monoisotopic (exact) mass is 422 g/mol. The van der Waals surface area contributed by atoms with Gasteiger partial charge in [0.25, 0.3) is 5.91 Å². The lowest BCUT2D eigenvalue weighted by Gasteiger charge is -2.26. The van der Waals surface area contributed by atoms with E-state index < -0.39 is 0 Å². The Hall–Kier alpha value is -2.51. The molecule has 1 fully saturated rings. The van der Waals surface area contributed by atoms with E-state index in [9.17, 15) is 9.90 Å². The molecule has 0 unspecified atom stereocenters. The van der Waals surface area contributed by atoms with Gasteiger partial charge in [-0.2, -0.15) is 0 Å². The van der Waals surface area contributed by atoms with E-state index in [2.05, 4.69) is 34.5 Å². The van der Waals surface area contributed by atoms with Crippen LogP contribution in [0.1, 0.15) is 15.2 Å². The Balaban J connectivity index is 1.38. The molecule has 30 heavy (non-hydrogen) atoms. The number of nitrogens with zero attached hydrogens (tertiary/aromatic N) is 1. The van der Waals surface area contributed by atoms with Crippen molar-refractivity contribution in [3.63, 3.8) is 0 Å². The summed E-state index contributed by atoms with van der Waals surface area (Å²) >= 11 is 1.47. The first-order chi connectivity index (χ1) is 14.7. The number of hydrogen-bond donors (Lipinski definition) is 2. The maximum Gasteiger partial charge on any atom is 0.261 e. The fourth-order valence-corrected chi connectivity index (χ4v) is 4.46. The fraction of sp³-hybridized carbons (Fsp3) is 0.292.